The molecular formula is C46H32N2O3. The lowest BCUT2D eigenvalue weighted by molar-refractivity contribution is 0.475. The Kier molecular flexibility index (Phi) is 6.22. The molecule has 244 valence electrons. The summed E-state index contributed by atoms with van der Waals surface area (Å²) in [4.78, 5) is 10.2. The number of aromatic nitrogens is 2. The molecule has 1 N–H and O–H groups in total. The van der Waals surface area contributed by atoms with Gasteiger partial charge in [-0.2, -0.15) is 0 Å². The Labute approximate surface area is 293 Å². The number of furan rings is 2. The number of fused-ring (bicyclic) bond motifs is 11. The van der Waals surface area contributed by atoms with Crippen molar-refractivity contribution in [2.75, 3.05) is 0 Å². The third kappa shape index (κ3) is 4.55. The molecule has 5 nitrogen and oxygen atoms in total. The maximum atomic E-state index is 12.1. The van der Waals surface area contributed by atoms with Gasteiger partial charge < -0.3 is 13.9 Å². The monoisotopic (exact) mass is 660 g/mol. The van der Waals surface area contributed by atoms with Gasteiger partial charge in [-0.3, -0.25) is 4.98 Å². The van der Waals surface area contributed by atoms with Gasteiger partial charge in [0.25, 0.3) is 0 Å². The van der Waals surface area contributed by atoms with Crippen LogP contribution >= 0.6 is 0 Å². The second-order valence-electron chi connectivity index (χ2n) is 14.4. The first-order chi connectivity index (χ1) is 24.8. The predicted molar refractivity (Wildman–Crippen MR) is 208 cm³/mol. The Morgan fingerprint density at radius 3 is 1.98 bits per heavy atom. The Hall–Kier alpha value is -6.46. The van der Waals surface area contributed by atoms with Gasteiger partial charge in [0.05, 0.1) is 22.3 Å². The van der Waals surface area contributed by atoms with Crippen LogP contribution in [-0.4, -0.2) is 15.1 Å². The van der Waals surface area contributed by atoms with Crippen molar-refractivity contribution in [3.8, 4) is 39.4 Å². The number of nitrogens with zero attached hydrogens (tertiary/aromatic N) is 2. The highest BCUT2D eigenvalue weighted by Gasteiger charge is 2.24. The van der Waals surface area contributed by atoms with Crippen molar-refractivity contribution >= 4 is 65.6 Å². The normalized spacial score (nSPS) is 12.3. The second-order valence-corrected chi connectivity index (χ2v) is 14.4. The molecule has 4 aromatic heterocycles. The van der Waals surface area contributed by atoms with Crippen molar-refractivity contribution in [1.29, 1.82) is 0 Å². The van der Waals surface area contributed by atoms with E-state index < -0.39 is 0 Å². The Morgan fingerprint density at radius 2 is 1.20 bits per heavy atom. The average Bonchev–Trinajstić information content (AvgIpc) is 3.74. The van der Waals surface area contributed by atoms with Crippen molar-refractivity contribution in [1.82, 2.24) is 9.97 Å². The predicted octanol–water partition coefficient (Wildman–Crippen LogP) is 12.6. The molecule has 0 aliphatic carbocycles. The highest BCUT2D eigenvalue weighted by molar-refractivity contribution is 6.33. The molecule has 0 amide bonds. The Bertz CT molecular complexity index is 3020. The summed E-state index contributed by atoms with van der Waals surface area (Å²) in [7, 11) is 0. The van der Waals surface area contributed by atoms with Gasteiger partial charge in [0.2, 0.25) is 0 Å². The summed E-state index contributed by atoms with van der Waals surface area (Å²) in [5, 5.41) is 18.1. The summed E-state index contributed by atoms with van der Waals surface area (Å²) in [6.07, 6.45) is 1.88. The van der Waals surface area contributed by atoms with E-state index in [9.17, 15) is 5.11 Å². The molecule has 6 aromatic carbocycles. The number of rotatable bonds is 3. The fourth-order valence-corrected chi connectivity index (χ4v) is 7.53. The average molecular weight is 661 g/mol. The SMILES string of the molecule is CC(C)(C)c1cc(-c2cc(-c3ccccc3)ccn2)cc(-c2ccc3c(n2)c2c(O)c4oc5ccccc5c4cc2c2oc4ccccc4c32)c1. The molecule has 51 heavy (non-hydrogen) atoms. The van der Waals surface area contributed by atoms with Crippen LogP contribution in [0.3, 0.4) is 0 Å². The smallest absolute Gasteiger partial charge is 0.177 e. The quantitative estimate of drug-likeness (QED) is 0.191. The van der Waals surface area contributed by atoms with Crippen LogP contribution in [0.1, 0.15) is 26.3 Å². The molecule has 0 spiro atoms. The molecular weight excluding hydrogens is 629 g/mol. The van der Waals surface area contributed by atoms with Gasteiger partial charge in [-0.1, -0.05) is 87.5 Å². The molecule has 4 heterocycles. The van der Waals surface area contributed by atoms with Gasteiger partial charge in [-0.25, -0.2) is 4.98 Å². The van der Waals surface area contributed by atoms with E-state index in [1.807, 2.05) is 54.7 Å². The topological polar surface area (TPSA) is 72.3 Å². The minimum Gasteiger partial charge on any atom is -0.504 e. The van der Waals surface area contributed by atoms with Crippen LogP contribution in [0, 0.1) is 0 Å². The lowest BCUT2D eigenvalue weighted by Crippen LogP contribution is -2.11. The number of pyridine rings is 2. The molecule has 0 fully saturated rings. The van der Waals surface area contributed by atoms with Crippen LogP contribution in [-0.2, 0) is 5.41 Å². The van der Waals surface area contributed by atoms with E-state index >= 15 is 0 Å². The molecule has 5 heteroatoms. The lowest BCUT2D eigenvalue weighted by Gasteiger charge is -2.21. The highest BCUT2D eigenvalue weighted by Crippen LogP contribution is 2.48. The van der Waals surface area contributed by atoms with E-state index in [-0.39, 0.29) is 11.2 Å². The van der Waals surface area contributed by atoms with Gasteiger partial charge in [-0.05, 0) is 82.8 Å². The van der Waals surface area contributed by atoms with Crippen LogP contribution in [0.4, 0.5) is 0 Å². The van der Waals surface area contributed by atoms with E-state index in [0.29, 0.717) is 22.1 Å². The lowest BCUT2D eigenvalue weighted by atomic mass is 9.84. The maximum absolute atomic E-state index is 12.1. The van der Waals surface area contributed by atoms with E-state index in [1.54, 1.807) is 0 Å². The van der Waals surface area contributed by atoms with Crippen LogP contribution in [0.5, 0.6) is 5.75 Å². The summed E-state index contributed by atoms with van der Waals surface area (Å²) in [5.74, 6) is 0.0572. The fraction of sp³-hybridized carbons (Fsp3) is 0.0870. The van der Waals surface area contributed by atoms with E-state index in [4.69, 9.17) is 18.8 Å². The Balaban J connectivity index is 1.27. The molecule has 0 bridgehead atoms. The third-order valence-corrected chi connectivity index (χ3v) is 10.1. The number of para-hydroxylation sites is 2. The van der Waals surface area contributed by atoms with E-state index in [1.165, 1.54) is 5.56 Å². The van der Waals surface area contributed by atoms with Crippen LogP contribution < -0.4 is 0 Å². The molecule has 0 aliphatic rings. The van der Waals surface area contributed by atoms with Gasteiger partial charge >= 0.3 is 0 Å². The zero-order valence-corrected chi connectivity index (χ0v) is 28.4. The van der Waals surface area contributed by atoms with Crippen molar-refractivity contribution in [3.63, 3.8) is 0 Å². The summed E-state index contributed by atoms with van der Waals surface area (Å²) in [5.41, 5.74) is 10.3. The summed E-state index contributed by atoms with van der Waals surface area (Å²) in [6, 6.07) is 43.4. The second kappa shape index (κ2) is 10.8. The number of phenolic OH excluding ortho intramolecular Hbond substituents is 1. The minimum atomic E-state index is -0.127. The van der Waals surface area contributed by atoms with Crippen molar-refractivity contribution < 1.29 is 13.9 Å². The van der Waals surface area contributed by atoms with Crippen LogP contribution in [0.25, 0.3) is 99.2 Å². The van der Waals surface area contributed by atoms with Crippen molar-refractivity contribution in [2.45, 2.75) is 26.2 Å². The number of hydrogen-bond donors (Lipinski definition) is 1. The van der Waals surface area contributed by atoms with E-state index in [0.717, 1.165) is 77.1 Å². The summed E-state index contributed by atoms with van der Waals surface area (Å²) in [6.45, 7) is 6.67. The van der Waals surface area contributed by atoms with Crippen molar-refractivity contribution in [2.24, 2.45) is 0 Å². The molecule has 10 rings (SSSR count). The van der Waals surface area contributed by atoms with Gasteiger partial charge in [0.1, 0.15) is 16.7 Å². The molecule has 10 aromatic rings. The molecule has 0 saturated heterocycles. The number of phenols is 1. The standard InChI is InChI=1S/C46H32N2O3/c1-46(2,3)30-22-28(21-29(23-30)37-24-27(19-20-47-37)26-11-5-4-6-12-26)36-18-17-33-40-32-14-8-10-16-39(32)50-44(40)35-25-34-31-13-7-9-15-38(31)51-45(34)43(49)41(35)42(33)48-36/h4-25,49H,1-3H3. The first kappa shape index (κ1) is 29.5. The van der Waals surface area contributed by atoms with E-state index in [2.05, 4.69) is 99.6 Å². The summed E-state index contributed by atoms with van der Waals surface area (Å²) < 4.78 is 12.8. The van der Waals surface area contributed by atoms with Crippen LogP contribution in [0.15, 0.2) is 142 Å². The number of benzene rings is 6. The zero-order valence-electron chi connectivity index (χ0n) is 28.4. The number of hydrogen-bond acceptors (Lipinski definition) is 5. The highest BCUT2D eigenvalue weighted by atomic mass is 16.4. The first-order valence-electron chi connectivity index (χ1n) is 17.2. The first-order valence-corrected chi connectivity index (χ1v) is 17.2. The number of aromatic hydroxyl groups is 1. The zero-order chi connectivity index (χ0) is 34.4. The van der Waals surface area contributed by atoms with Gasteiger partial charge in [0, 0.05) is 49.6 Å². The molecule has 0 aliphatic heterocycles. The maximum Gasteiger partial charge on any atom is 0.177 e. The van der Waals surface area contributed by atoms with Gasteiger partial charge in [-0.15, -0.1) is 0 Å². The molecule has 0 atom stereocenters. The molecule has 0 radical (unpaired) electrons. The molecule has 0 unspecified atom stereocenters. The van der Waals surface area contributed by atoms with Crippen molar-refractivity contribution in [3.05, 3.63) is 139 Å². The molecule has 0 saturated carbocycles. The third-order valence-electron chi connectivity index (χ3n) is 10.1. The largest absolute Gasteiger partial charge is 0.504 e. The fourth-order valence-electron chi connectivity index (χ4n) is 7.53. The van der Waals surface area contributed by atoms with Crippen LogP contribution in [0.2, 0.25) is 0 Å². The minimum absolute atomic E-state index is 0.0572. The summed E-state index contributed by atoms with van der Waals surface area (Å²) >= 11 is 0. The Morgan fingerprint density at radius 1 is 0.510 bits per heavy atom. The van der Waals surface area contributed by atoms with Gasteiger partial charge in [0.15, 0.2) is 11.3 Å².